The van der Waals surface area contributed by atoms with E-state index in [1.54, 1.807) is 6.92 Å². The van der Waals surface area contributed by atoms with Crippen LogP contribution < -0.4 is 20.1 Å². The highest BCUT2D eigenvalue weighted by atomic mass is 35.5. The zero-order valence-corrected chi connectivity index (χ0v) is 18.6. The molecule has 176 valence electrons. The van der Waals surface area contributed by atoms with Gasteiger partial charge in [-0.2, -0.15) is 0 Å². The van der Waals surface area contributed by atoms with Crippen molar-refractivity contribution < 1.29 is 31.4 Å². The molecule has 0 saturated carbocycles. The number of benzene rings is 3. The van der Waals surface area contributed by atoms with Gasteiger partial charge in [-0.05, 0) is 61.0 Å². The molecule has 0 aliphatic rings. The van der Waals surface area contributed by atoms with E-state index in [2.05, 4.69) is 20.1 Å². The molecule has 1 unspecified atom stereocenters. The molecule has 4 N–H and O–H groups in total. The van der Waals surface area contributed by atoms with Crippen LogP contribution >= 0.6 is 11.6 Å². The molecule has 0 aliphatic heterocycles. The van der Waals surface area contributed by atoms with E-state index < -0.39 is 28.5 Å². The largest absolute Gasteiger partial charge is 0.573 e. The molecule has 7 nitrogen and oxygen atoms in total. The molecule has 0 saturated heterocycles. The molecule has 0 amide bonds. The molecule has 3 aromatic rings. The first-order valence-corrected chi connectivity index (χ1v) is 11.2. The van der Waals surface area contributed by atoms with E-state index in [1.807, 2.05) is 0 Å². The third-order valence-electron chi connectivity index (χ3n) is 4.28. The summed E-state index contributed by atoms with van der Waals surface area (Å²) in [5.41, 5.74) is 0.819. The molecule has 0 heterocycles. The number of aliphatic hydroxyl groups excluding tert-OH is 1. The Morgan fingerprint density at radius 2 is 1.61 bits per heavy atom. The zero-order valence-electron chi connectivity index (χ0n) is 17.0. The summed E-state index contributed by atoms with van der Waals surface area (Å²) in [6, 6.07) is 15.6. The molecule has 3 rings (SSSR count). The minimum atomic E-state index is -4.91. The first-order chi connectivity index (χ1) is 15.4. The fourth-order valence-corrected chi connectivity index (χ4v) is 4.30. The predicted molar refractivity (Wildman–Crippen MR) is 120 cm³/mol. The lowest BCUT2D eigenvalue weighted by Gasteiger charge is -2.20. The maximum Gasteiger partial charge on any atom is 0.573 e. The van der Waals surface area contributed by atoms with Crippen molar-refractivity contribution in [2.75, 3.05) is 15.4 Å². The van der Waals surface area contributed by atoms with Crippen molar-refractivity contribution in [3.8, 4) is 5.75 Å². The van der Waals surface area contributed by atoms with Crippen molar-refractivity contribution >= 4 is 38.7 Å². The van der Waals surface area contributed by atoms with E-state index in [4.69, 9.17) is 11.6 Å². The van der Waals surface area contributed by atoms with Gasteiger partial charge >= 0.3 is 6.36 Å². The highest BCUT2D eigenvalue weighted by Crippen LogP contribution is 2.30. The Kier molecular flexibility index (Phi) is 7.25. The van der Waals surface area contributed by atoms with Crippen LogP contribution in [0, 0.1) is 6.92 Å². The van der Waals surface area contributed by atoms with Gasteiger partial charge in [0.05, 0.1) is 10.6 Å². The second-order valence-electron chi connectivity index (χ2n) is 6.83. The van der Waals surface area contributed by atoms with Gasteiger partial charge in [0.15, 0.2) is 5.75 Å². The van der Waals surface area contributed by atoms with E-state index in [0.717, 1.165) is 6.07 Å². The molecule has 0 spiro atoms. The van der Waals surface area contributed by atoms with Crippen LogP contribution in [0.4, 0.5) is 30.2 Å². The van der Waals surface area contributed by atoms with Crippen molar-refractivity contribution in [2.24, 2.45) is 0 Å². The second kappa shape index (κ2) is 9.77. The summed E-state index contributed by atoms with van der Waals surface area (Å²) in [6.07, 6.45) is -6.47. The van der Waals surface area contributed by atoms with Crippen molar-refractivity contribution in [2.45, 2.75) is 24.5 Å². The van der Waals surface area contributed by atoms with Gasteiger partial charge in [0.25, 0.3) is 10.0 Å². The standard InChI is InChI=1S/C21H19ClF3N3O4S/c1-13-6-9-16(12-19(13)33(30,31)28-15-10-7-14(22)8-11-15)26-20(29)27-17-4-2-3-5-18(17)32-21(23,24)25/h2-12,20,26-29H,1H3. The zero-order chi connectivity index (χ0) is 24.2. The molecular weight excluding hydrogens is 483 g/mol. The molecule has 1 atom stereocenters. The Hall–Kier alpha value is -3.15. The summed E-state index contributed by atoms with van der Waals surface area (Å²) < 4.78 is 69.8. The van der Waals surface area contributed by atoms with Crippen LogP contribution in [-0.2, 0) is 10.0 Å². The number of hydrogen-bond acceptors (Lipinski definition) is 6. The van der Waals surface area contributed by atoms with E-state index in [-0.39, 0.29) is 16.3 Å². The highest BCUT2D eigenvalue weighted by Gasteiger charge is 2.32. The number of aryl methyl sites for hydroxylation is 1. The summed E-state index contributed by atoms with van der Waals surface area (Å²) in [7, 11) is -3.98. The van der Waals surface area contributed by atoms with Gasteiger partial charge < -0.3 is 20.5 Å². The van der Waals surface area contributed by atoms with Crippen molar-refractivity contribution in [1.82, 2.24) is 0 Å². The highest BCUT2D eigenvalue weighted by molar-refractivity contribution is 7.92. The van der Waals surface area contributed by atoms with Crippen LogP contribution in [0.25, 0.3) is 0 Å². The number of ether oxygens (including phenoxy) is 1. The molecule has 0 radical (unpaired) electrons. The van der Waals surface area contributed by atoms with Gasteiger partial charge in [0.2, 0.25) is 6.35 Å². The Labute approximate surface area is 193 Å². The van der Waals surface area contributed by atoms with E-state index in [9.17, 15) is 26.7 Å². The summed E-state index contributed by atoms with van der Waals surface area (Å²) in [5.74, 6) is -0.537. The Morgan fingerprint density at radius 1 is 0.970 bits per heavy atom. The number of aliphatic hydroxyl groups is 1. The monoisotopic (exact) mass is 501 g/mol. The first-order valence-electron chi connectivity index (χ1n) is 9.38. The molecule has 0 fully saturated rings. The molecule has 0 aromatic heterocycles. The van der Waals surface area contributed by atoms with Crippen molar-refractivity contribution in [3.05, 3.63) is 77.3 Å². The second-order valence-corrected chi connectivity index (χ2v) is 8.92. The quantitative estimate of drug-likeness (QED) is 0.319. The third kappa shape index (κ3) is 6.91. The number of rotatable bonds is 8. The van der Waals surface area contributed by atoms with Gasteiger partial charge in [-0.3, -0.25) is 4.72 Å². The normalized spacial score (nSPS) is 12.7. The minimum absolute atomic E-state index is 0.0598. The average molecular weight is 502 g/mol. The van der Waals surface area contributed by atoms with Crippen LogP contribution in [0.2, 0.25) is 5.02 Å². The summed E-state index contributed by atoms with van der Waals surface area (Å²) in [6.45, 7) is 1.60. The fraction of sp³-hybridized carbons (Fsp3) is 0.143. The third-order valence-corrected chi connectivity index (χ3v) is 6.06. The molecule has 3 aromatic carbocycles. The lowest BCUT2D eigenvalue weighted by atomic mass is 10.2. The SMILES string of the molecule is Cc1ccc(NC(O)Nc2ccccc2OC(F)(F)F)cc1S(=O)(=O)Nc1ccc(Cl)cc1. The molecule has 0 aliphatic carbocycles. The number of alkyl halides is 3. The average Bonchev–Trinajstić information content (AvgIpc) is 2.71. The van der Waals surface area contributed by atoms with Crippen LogP contribution in [0.3, 0.4) is 0 Å². The van der Waals surface area contributed by atoms with Crippen LogP contribution in [-0.4, -0.2) is 26.2 Å². The summed E-state index contributed by atoms with van der Waals surface area (Å²) in [4.78, 5) is -0.0598. The molecule has 0 bridgehead atoms. The topological polar surface area (TPSA) is 99.7 Å². The molecule has 12 heteroatoms. The Bertz CT molecular complexity index is 1220. The number of halogens is 4. The lowest BCUT2D eigenvalue weighted by molar-refractivity contribution is -0.274. The van der Waals surface area contributed by atoms with Crippen molar-refractivity contribution in [1.29, 1.82) is 0 Å². The smallest absolute Gasteiger partial charge is 0.404 e. The van der Waals surface area contributed by atoms with Crippen molar-refractivity contribution in [3.63, 3.8) is 0 Å². The number of hydrogen-bond donors (Lipinski definition) is 4. The van der Waals surface area contributed by atoms with Gasteiger partial charge in [-0.15, -0.1) is 13.2 Å². The number of anilines is 3. The number of para-hydroxylation sites is 2. The predicted octanol–water partition coefficient (Wildman–Crippen LogP) is 5.15. The maximum atomic E-state index is 12.8. The summed E-state index contributed by atoms with van der Waals surface area (Å²) in [5, 5.41) is 15.7. The fourth-order valence-electron chi connectivity index (χ4n) is 2.85. The van der Waals surface area contributed by atoms with E-state index in [0.29, 0.717) is 16.3 Å². The number of sulfonamides is 1. The summed E-state index contributed by atoms with van der Waals surface area (Å²) >= 11 is 5.81. The van der Waals surface area contributed by atoms with Crippen LogP contribution in [0.5, 0.6) is 5.75 Å². The van der Waals surface area contributed by atoms with Crippen LogP contribution in [0.1, 0.15) is 5.56 Å². The van der Waals surface area contributed by atoms with Gasteiger partial charge in [-0.1, -0.05) is 29.8 Å². The van der Waals surface area contributed by atoms with Gasteiger partial charge in [0.1, 0.15) is 0 Å². The van der Waals surface area contributed by atoms with Gasteiger partial charge in [-0.25, -0.2) is 8.42 Å². The Balaban J connectivity index is 1.76. The maximum absolute atomic E-state index is 12.8. The van der Waals surface area contributed by atoms with Crippen LogP contribution in [0.15, 0.2) is 71.6 Å². The molecule has 33 heavy (non-hydrogen) atoms. The lowest BCUT2D eigenvalue weighted by Crippen LogP contribution is -2.29. The minimum Gasteiger partial charge on any atom is -0.404 e. The first kappa shape index (κ1) is 24.5. The van der Waals surface area contributed by atoms with E-state index in [1.165, 1.54) is 60.7 Å². The number of nitrogens with one attached hydrogen (secondary N) is 3. The van der Waals surface area contributed by atoms with E-state index >= 15 is 0 Å². The molecular formula is C21H19ClF3N3O4S. The Morgan fingerprint density at radius 3 is 2.27 bits per heavy atom. The van der Waals surface area contributed by atoms with Gasteiger partial charge in [0, 0.05) is 16.4 Å².